The number of hydrogen-bond donors (Lipinski definition) is 0. The number of nitrogens with zero attached hydrogens (tertiary/aromatic N) is 5. The lowest BCUT2D eigenvalue weighted by Crippen LogP contribution is -2.37. The summed E-state index contributed by atoms with van der Waals surface area (Å²) < 4.78 is 0. The van der Waals surface area contributed by atoms with Crippen molar-refractivity contribution in [3.8, 4) is 0 Å². The molecule has 0 spiro atoms. The average molecular weight is 246 g/mol. The van der Waals surface area contributed by atoms with Crippen molar-refractivity contribution in [2.45, 2.75) is 18.9 Å². The van der Waals surface area contributed by atoms with Crippen molar-refractivity contribution in [3.05, 3.63) is 44.8 Å². The second-order valence-electron chi connectivity index (χ2n) is 4.11. The van der Waals surface area contributed by atoms with Crippen molar-refractivity contribution in [3.63, 3.8) is 0 Å². The number of piperidine rings is 1. The van der Waals surface area contributed by atoms with E-state index in [0.29, 0.717) is 12.2 Å². The fourth-order valence-electron chi connectivity index (χ4n) is 2.16. The zero-order chi connectivity index (χ0) is 13.0. The Kier molecular flexibility index (Phi) is 3.64. The van der Waals surface area contributed by atoms with Crippen molar-refractivity contribution >= 4 is 11.4 Å². The van der Waals surface area contributed by atoms with E-state index in [9.17, 15) is 10.1 Å². The molecule has 7 nitrogen and oxygen atoms in total. The summed E-state index contributed by atoms with van der Waals surface area (Å²) in [5, 5.41) is 14.6. The largest absolute Gasteiger partial charge is 0.366 e. The standard InChI is InChI=1S/C11H12N5O2/c12-14-13-9-4-3-7-15(8-9)10-5-1-2-6-11(10)16(17)18/h1-2,5,9H,3-4,7-8H2. The Hall–Kier alpha value is -2.27. The highest BCUT2D eigenvalue weighted by Gasteiger charge is 2.24. The topological polar surface area (TPSA) is 95.1 Å². The first-order valence-corrected chi connectivity index (χ1v) is 5.66. The van der Waals surface area contributed by atoms with Crippen molar-refractivity contribution in [1.82, 2.24) is 0 Å². The van der Waals surface area contributed by atoms with Crippen LogP contribution in [0.1, 0.15) is 12.8 Å². The van der Waals surface area contributed by atoms with Crippen molar-refractivity contribution in [2.24, 2.45) is 5.11 Å². The van der Waals surface area contributed by atoms with Gasteiger partial charge in [-0.1, -0.05) is 11.2 Å². The van der Waals surface area contributed by atoms with Crippen molar-refractivity contribution in [2.75, 3.05) is 18.0 Å². The first-order chi connectivity index (χ1) is 8.72. The van der Waals surface area contributed by atoms with E-state index >= 15 is 0 Å². The summed E-state index contributed by atoms with van der Waals surface area (Å²) in [6, 6.07) is 7.46. The molecule has 1 aromatic rings. The van der Waals surface area contributed by atoms with Gasteiger partial charge in [0, 0.05) is 18.0 Å². The summed E-state index contributed by atoms with van der Waals surface area (Å²) in [5.74, 6) is 0. The van der Waals surface area contributed by atoms with E-state index in [-0.39, 0.29) is 11.7 Å². The first-order valence-electron chi connectivity index (χ1n) is 5.66. The molecule has 1 heterocycles. The second-order valence-corrected chi connectivity index (χ2v) is 4.11. The Morgan fingerprint density at radius 1 is 1.67 bits per heavy atom. The van der Waals surface area contributed by atoms with Gasteiger partial charge in [-0.3, -0.25) is 10.1 Å². The third kappa shape index (κ3) is 2.52. The Bertz CT molecular complexity index is 498. The highest BCUT2D eigenvalue weighted by Crippen LogP contribution is 2.29. The van der Waals surface area contributed by atoms with Crippen LogP contribution in [0.2, 0.25) is 0 Å². The number of hydrogen-bond acceptors (Lipinski definition) is 4. The molecule has 93 valence electrons. The van der Waals surface area contributed by atoms with Crippen LogP contribution in [0.4, 0.5) is 11.4 Å². The molecule has 0 bridgehead atoms. The van der Waals surface area contributed by atoms with Gasteiger partial charge >= 0.3 is 5.69 Å². The van der Waals surface area contributed by atoms with E-state index in [1.807, 2.05) is 4.90 Å². The minimum absolute atomic E-state index is 0.0286. The lowest BCUT2D eigenvalue weighted by Gasteiger charge is -2.31. The lowest BCUT2D eigenvalue weighted by atomic mass is 10.1. The smallest absolute Gasteiger partial charge is 0.300 e. The summed E-state index contributed by atoms with van der Waals surface area (Å²) in [6.07, 6.45) is 1.68. The molecule has 2 rings (SSSR count). The molecule has 1 fully saturated rings. The van der Waals surface area contributed by atoms with Crippen LogP contribution in [-0.4, -0.2) is 24.1 Å². The Labute approximate surface area is 104 Å². The monoisotopic (exact) mass is 246 g/mol. The molecule has 1 aliphatic heterocycles. The van der Waals surface area contributed by atoms with Gasteiger partial charge in [0.1, 0.15) is 5.69 Å². The van der Waals surface area contributed by atoms with Gasteiger partial charge in [0.05, 0.1) is 17.0 Å². The fraction of sp³-hybridized carbons (Fsp3) is 0.455. The number of nitro groups is 1. The van der Waals surface area contributed by atoms with Crippen molar-refractivity contribution < 1.29 is 4.92 Å². The summed E-state index contributed by atoms with van der Waals surface area (Å²) in [4.78, 5) is 15.2. The highest BCUT2D eigenvalue weighted by molar-refractivity contribution is 5.62. The highest BCUT2D eigenvalue weighted by atomic mass is 16.6. The number of azide groups is 1. The molecule has 1 atom stereocenters. The maximum atomic E-state index is 10.9. The predicted molar refractivity (Wildman–Crippen MR) is 66.3 cm³/mol. The van der Waals surface area contributed by atoms with Gasteiger partial charge in [-0.25, -0.2) is 0 Å². The van der Waals surface area contributed by atoms with Gasteiger partial charge < -0.3 is 4.90 Å². The molecule has 1 radical (unpaired) electrons. The van der Waals surface area contributed by atoms with Crippen molar-refractivity contribution in [1.29, 1.82) is 0 Å². The number of para-hydroxylation sites is 1. The van der Waals surface area contributed by atoms with E-state index in [1.165, 1.54) is 6.07 Å². The molecule has 18 heavy (non-hydrogen) atoms. The molecule has 1 aliphatic rings. The van der Waals surface area contributed by atoms with E-state index in [1.54, 1.807) is 12.1 Å². The van der Waals surface area contributed by atoms with Crippen LogP contribution in [0, 0.1) is 16.2 Å². The van der Waals surface area contributed by atoms with Gasteiger partial charge in [0.25, 0.3) is 0 Å². The Morgan fingerprint density at radius 2 is 2.50 bits per heavy atom. The second kappa shape index (κ2) is 5.37. The van der Waals surface area contributed by atoms with Crippen LogP contribution in [0.25, 0.3) is 10.4 Å². The minimum Gasteiger partial charge on any atom is -0.366 e. The third-order valence-electron chi connectivity index (χ3n) is 2.95. The molecule has 0 N–H and O–H groups in total. The van der Waals surface area contributed by atoms with E-state index in [2.05, 4.69) is 16.1 Å². The summed E-state index contributed by atoms with van der Waals surface area (Å²) in [6.45, 7) is 1.25. The summed E-state index contributed by atoms with van der Waals surface area (Å²) in [5.41, 5.74) is 8.96. The number of rotatable bonds is 3. The molecule has 0 saturated carbocycles. The molecule has 0 amide bonds. The van der Waals surface area contributed by atoms with Gasteiger partial charge in [-0.2, -0.15) is 0 Å². The quantitative estimate of drug-likeness (QED) is 0.269. The van der Waals surface area contributed by atoms with Crippen LogP contribution in [0.15, 0.2) is 23.3 Å². The maximum absolute atomic E-state index is 10.9. The normalized spacial score (nSPS) is 19.1. The van der Waals surface area contributed by atoms with Crippen LogP contribution in [-0.2, 0) is 0 Å². The number of anilines is 1. The minimum atomic E-state index is -0.438. The van der Waals surface area contributed by atoms with Gasteiger partial charge in [-0.15, -0.1) is 0 Å². The zero-order valence-corrected chi connectivity index (χ0v) is 9.69. The van der Waals surface area contributed by atoms with E-state index in [0.717, 1.165) is 19.4 Å². The maximum Gasteiger partial charge on any atom is 0.300 e. The Morgan fingerprint density at radius 3 is 3.22 bits per heavy atom. The Balaban J connectivity index is 2.25. The summed E-state index contributed by atoms with van der Waals surface area (Å²) >= 11 is 0. The predicted octanol–water partition coefficient (Wildman–Crippen LogP) is 2.67. The number of nitro benzene ring substituents is 1. The first kappa shape index (κ1) is 12.2. The molecule has 0 aliphatic carbocycles. The molecule has 7 heteroatoms. The summed E-state index contributed by atoms with van der Waals surface area (Å²) in [7, 11) is 0. The number of benzene rings is 1. The van der Waals surface area contributed by atoms with Crippen LogP contribution in [0.5, 0.6) is 0 Å². The molecular weight excluding hydrogens is 234 g/mol. The SMILES string of the molecule is [N-]=[N+]=NC1CCCN(c2ccc[c]c2[N+](=O)[O-])C1. The molecule has 0 aromatic heterocycles. The van der Waals surface area contributed by atoms with Gasteiger partial charge in [0.15, 0.2) is 0 Å². The van der Waals surface area contributed by atoms with Crippen LogP contribution in [0.3, 0.4) is 0 Å². The molecule has 1 aromatic carbocycles. The van der Waals surface area contributed by atoms with Crippen LogP contribution < -0.4 is 4.90 Å². The zero-order valence-electron chi connectivity index (χ0n) is 9.69. The lowest BCUT2D eigenvalue weighted by molar-refractivity contribution is -0.384. The van der Waals surface area contributed by atoms with Gasteiger partial charge in [-0.05, 0) is 30.5 Å². The molecular formula is C11H12N5O2. The fourth-order valence-corrected chi connectivity index (χ4v) is 2.16. The molecule has 1 unspecified atom stereocenters. The molecule has 1 saturated heterocycles. The van der Waals surface area contributed by atoms with E-state index < -0.39 is 4.92 Å². The third-order valence-corrected chi connectivity index (χ3v) is 2.95. The van der Waals surface area contributed by atoms with E-state index in [4.69, 9.17) is 5.53 Å². The van der Waals surface area contributed by atoms with Crippen LogP contribution >= 0.6 is 0 Å². The average Bonchev–Trinajstić information content (AvgIpc) is 2.39. The van der Waals surface area contributed by atoms with Gasteiger partial charge in [0.2, 0.25) is 0 Å².